The summed E-state index contributed by atoms with van der Waals surface area (Å²) in [5.74, 6) is -0.228. The maximum atomic E-state index is 13.5. The third-order valence-electron chi connectivity index (χ3n) is 5.99. The molecule has 3 nitrogen and oxygen atoms in total. The molecule has 32 heavy (non-hydrogen) atoms. The molecule has 4 aromatic rings. The Balaban J connectivity index is 0.00000141. The van der Waals surface area contributed by atoms with Crippen LogP contribution in [0.1, 0.15) is 51.7 Å². The van der Waals surface area contributed by atoms with E-state index in [4.69, 9.17) is 0 Å². The number of fused-ring (bicyclic) bond motifs is 1. The van der Waals surface area contributed by atoms with Crippen molar-refractivity contribution in [3.8, 4) is 0 Å². The van der Waals surface area contributed by atoms with E-state index >= 15 is 0 Å². The molecule has 0 fully saturated rings. The van der Waals surface area contributed by atoms with Crippen LogP contribution in [0.5, 0.6) is 0 Å². The van der Waals surface area contributed by atoms with Crippen LogP contribution in [0, 0.1) is 5.82 Å². The predicted molar refractivity (Wildman–Crippen MR) is 134 cm³/mol. The Morgan fingerprint density at radius 2 is 1.56 bits per heavy atom. The molecule has 0 aliphatic carbocycles. The summed E-state index contributed by atoms with van der Waals surface area (Å²) < 4.78 is 29.5. The van der Waals surface area contributed by atoms with Crippen LogP contribution in [0.2, 0.25) is 0 Å². The highest BCUT2D eigenvalue weighted by molar-refractivity contribution is 7.86. The first kappa shape index (κ1) is 23.7. The highest BCUT2D eigenvalue weighted by Crippen LogP contribution is 2.43. The number of rotatable bonds is 7. The third-order valence-corrected chi connectivity index (χ3v) is 7.10. The summed E-state index contributed by atoms with van der Waals surface area (Å²) >= 11 is 0. The van der Waals surface area contributed by atoms with Crippen molar-refractivity contribution in [2.24, 2.45) is 0 Å². The fourth-order valence-electron chi connectivity index (χ4n) is 4.30. The van der Waals surface area contributed by atoms with Gasteiger partial charge in [0.25, 0.3) is 0 Å². The Morgan fingerprint density at radius 3 is 2.19 bits per heavy atom. The minimum atomic E-state index is -1.36. The van der Waals surface area contributed by atoms with Gasteiger partial charge < -0.3 is 4.98 Å². The molecule has 0 saturated carbocycles. The Labute approximate surface area is 192 Å². The molecular formula is C27H31FN2OS. The predicted octanol–water partition coefficient (Wildman–Crippen LogP) is 7.57. The molecule has 5 heteroatoms. The van der Waals surface area contributed by atoms with Gasteiger partial charge in [0.1, 0.15) is 16.8 Å². The van der Waals surface area contributed by atoms with Crippen LogP contribution in [0.25, 0.3) is 10.9 Å². The number of H-pyrrole nitrogens is 1. The minimum Gasteiger partial charge on any atom is -0.359 e. The van der Waals surface area contributed by atoms with E-state index < -0.39 is 11.0 Å². The first-order valence-electron chi connectivity index (χ1n) is 11.2. The number of halogens is 1. The summed E-state index contributed by atoms with van der Waals surface area (Å²) in [7, 11) is -1.36. The largest absolute Gasteiger partial charge is 0.359 e. The Hall–Kier alpha value is -2.92. The van der Waals surface area contributed by atoms with E-state index in [1.165, 1.54) is 17.7 Å². The monoisotopic (exact) mass is 450 g/mol. The number of aromatic amines is 1. The van der Waals surface area contributed by atoms with Crippen LogP contribution in [-0.2, 0) is 16.4 Å². The molecule has 168 valence electrons. The van der Waals surface area contributed by atoms with Gasteiger partial charge in [0, 0.05) is 17.0 Å². The molecular weight excluding hydrogens is 419 g/mol. The van der Waals surface area contributed by atoms with Gasteiger partial charge in [0.05, 0.1) is 16.1 Å². The fourth-order valence-corrected chi connectivity index (χ4v) is 5.19. The first-order valence-corrected chi connectivity index (χ1v) is 12.3. The average Bonchev–Trinajstić information content (AvgIpc) is 3.29. The lowest BCUT2D eigenvalue weighted by Gasteiger charge is -2.32. The van der Waals surface area contributed by atoms with Crippen molar-refractivity contribution in [3.05, 3.63) is 95.9 Å². The summed E-state index contributed by atoms with van der Waals surface area (Å²) in [6.07, 6.45) is 3.81. The van der Waals surface area contributed by atoms with Crippen molar-refractivity contribution in [1.82, 2.24) is 4.98 Å². The quantitative estimate of drug-likeness (QED) is 0.299. The van der Waals surface area contributed by atoms with E-state index in [9.17, 15) is 8.60 Å². The zero-order valence-electron chi connectivity index (χ0n) is 19.1. The second-order valence-corrected chi connectivity index (χ2v) is 8.62. The van der Waals surface area contributed by atoms with Crippen molar-refractivity contribution >= 4 is 27.6 Å². The van der Waals surface area contributed by atoms with Gasteiger partial charge in [-0.3, -0.25) is 4.72 Å². The number of anilines is 1. The van der Waals surface area contributed by atoms with E-state index in [0.29, 0.717) is 0 Å². The van der Waals surface area contributed by atoms with Crippen molar-refractivity contribution in [3.63, 3.8) is 0 Å². The average molecular weight is 451 g/mol. The van der Waals surface area contributed by atoms with E-state index in [1.807, 2.05) is 74.6 Å². The number of nitrogens with one attached hydrogen (secondary N) is 2. The Morgan fingerprint density at radius 1 is 0.906 bits per heavy atom. The number of para-hydroxylation sites is 1. The fraction of sp³-hybridized carbons (Fsp3) is 0.259. The second-order valence-electron chi connectivity index (χ2n) is 7.41. The maximum absolute atomic E-state index is 13.5. The molecule has 1 atom stereocenters. The summed E-state index contributed by atoms with van der Waals surface area (Å²) in [5, 5.41) is 1.08. The van der Waals surface area contributed by atoms with Crippen molar-refractivity contribution in [1.29, 1.82) is 0 Å². The highest BCUT2D eigenvalue weighted by atomic mass is 32.2. The van der Waals surface area contributed by atoms with E-state index in [2.05, 4.69) is 29.6 Å². The molecule has 0 radical (unpaired) electrons. The molecule has 2 N–H and O–H groups in total. The van der Waals surface area contributed by atoms with Gasteiger partial charge in [0.15, 0.2) is 0 Å². The summed E-state index contributed by atoms with van der Waals surface area (Å²) in [4.78, 5) is 4.12. The summed E-state index contributed by atoms with van der Waals surface area (Å²) in [6, 6.07) is 22.2. The van der Waals surface area contributed by atoms with Crippen molar-refractivity contribution < 1.29 is 8.60 Å². The van der Waals surface area contributed by atoms with Crippen molar-refractivity contribution in [2.75, 3.05) is 4.72 Å². The van der Waals surface area contributed by atoms with Crippen LogP contribution in [0.15, 0.2) is 83.9 Å². The zero-order valence-corrected chi connectivity index (χ0v) is 19.9. The SMILES string of the molecule is CC.CCC(CC)(c1ccc(F)cc1)c1c[nH]c2c(NS(=O)c3ccccc3)cccc12. The molecule has 0 spiro atoms. The number of benzene rings is 3. The molecule has 0 aliphatic rings. The molecule has 3 aromatic carbocycles. The maximum Gasteiger partial charge on any atom is 0.150 e. The van der Waals surface area contributed by atoms with Gasteiger partial charge in [-0.1, -0.05) is 70.2 Å². The second kappa shape index (κ2) is 10.6. The zero-order chi connectivity index (χ0) is 23.1. The first-order chi connectivity index (χ1) is 15.6. The Bertz CT molecular complexity index is 1170. The number of hydrogen-bond donors (Lipinski definition) is 2. The van der Waals surface area contributed by atoms with E-state index in [1.54, 1.807) is 0 Å². The molecule has 0 amide bonds. The molecule has 1 aromatic heterocycles. The smallest absolute Gasteiger partial charge is 0.150 e. The van der Waals surface area contributed by atoms with Gasteiger partial charge in [0.2, 0.25) is 0 Å². The van der Waals surface area contributed by atoms with Gasteiger partial charge in [-0.2, -0.15) is 0 Å². The lowest BCUT2D eigenvalue weighted by Crippen LogP contribution is -2.25. The third kappa shape index (κ3) is 4.49. The number of aromatic nitrogens is 1. The molecule has 1 unspecified atom stereocenters. The van der Waals surface area contributed by atoms with Crippen LogP contribution in [0.4, 0.5) is 10.1 Å². The standard InChI is InChI=1S/C25H25FN2OS.C2H6/c1-3-25(4-2,18-13-15-19(26)16-14-18)22-17-27-24-21(22)11-8-12-23(24)28-30(29)20-9-6-5-7-10-20;1-2/h5-17,27-28H,3-4H2,1-2H3;1-2H3. The molecule has 0 aliphatic heterocycles. The molecule has 0 saturated heterocycles. The van der Waals surface area contributed by atoms with Crippen LogP contribution < -0.4 is 4.72 Å². The Kier molecular flexibility index (Phi) is 7.86. The number of hydrogen-bond acceptors (Lipinski definition) is 1. The molecule has 4 rings (SSSR count). The van der Waals surface area contributed by atoms with Gasteiger partial charge in [-0.15, -0.1) is 0 Å². The lowest BCUT2D eigenvalue weighted by atomic mass is 9.70. The van der Waals surface area contributed by atoms with Crippen LogP contribution >= 0.6 is 0 Å². The van der Waals surface area contributed by atoms with Crippen LogP contribution in [-0.4, -0.2) is 9.19 Å². The van der Waals surface area contributed by atoms with Crippen LogP contribution in [0.3, 0.4) is 0 Å². The highest BCUT2D eigenvalue weighted by Gasteiger charge is 2.33. The normalized spacial score (nSPS) is 12.2. The topological polar surface area (TPSA) is 44.9 Å². The van der Waals surface area contributed by atoms with Gasteiger partial charge in [-0.05, 0) is 54.3 Å². The molecule has 1 heterocycles. The summed E-state index contributed by atoms with van der Waals surface area (Å²) in [6.45, 7) is 8.33. The van der Waals surface area contributed by atoms with Crippen molar-refractivity contribution in [2.45, 2.75) is 50.8 Å². The lowest BCUT2D eigenvalue weighted by molar-refractivity contribution is 0.481. The van der Waals surface area contributed by atoms with Gasteiger partial charge >= 0.3 is 0 Å². The van der Waals surface area contributed by atoms with Gasteiger partial charge in [-0.25, -0.2) is 8.60 Å². The minimum absolute atomic E-state index is 0.228. The molecule has 0 bridgehead atoms. The van der Waals surface area contributed by atoms with E-state index in [-0.39, 0.29) is 11.2 Å². The van der Waals surface area contributed by atoms with E-state index in [0.717, 1.165) is 39.9 Å². The summed E-state index contributed by atoms with van der Waals surface area (Å²) in [5.41, 5.74) is 3.75.